The van der Waals surface area contributed by atoms with Gasteiger partial charge in [-0.2, -0.15) is 0 Å². The molecule has 11 nitrogen and oxygen atoms in total. The molecule has 12 heteroatoms. The molecular formula is C36H51BrN4O7. The van der Waals surface area contributed by atoms with Crippen LogP contribution in [0.5, 0.6) is 5.75 Å². The van der Waals surface area contributed by atoms with E-state index in [4.69, 9.17) is 14.2 Å². The number of morpholine rings is 1. The zero-order valence-corrected chi connectivity index (χ0v) is 30.1. The smallest absolute Gasteiger partial charge is 0.248 e. The molecule has 2 bridgehead atoms. The number of hydrogen-bond acceptors (Lipinski definition) is 8. The van der Waals surface area contributed by atoms with Crippen LogP contribution in [0, 0.1) is 17.8 Å². The van der Waals surface area contributed by atoms with Gasteiger partial charge in [0.2, 0.25) is 17.7 Å². The molecule has 4 aliphatic heterocycles. The average molecular weight is 732 g/mol. The van der Waals surface area contributed by atoms with E-state index in [-0.39, 0.29) is 41.6 Å². The van der Waals surface area contributed by atoms with Crippen molar-refractivity contribution in [3.8, 4) is 5.75 Å². The zero-order valence-electron chi connectivity index (χ0n) is 28.5. The minimum atomic E-state index is -1.24. The summed E-state index contributed by atoms with van der Waals surface area (Å²) < 4.78 is 17.9. The monoisotopic (exact) mass is 730 g/mol. The SMILES string of the molecule is C=CCN(CCN1CCOCC1)C(=O)C1N([C@@H](CO)CC(C)C)C(=O)[C@@H]2[C@H](C(=O)N(CC=C)c3ccc(OCC)cc3)[C@H]3OC12CC3Br. The first-order chi connectivity index (χ1) is 23.1. The van der Waals surface area contributed by atoms with Crippen LogP contribution in [0.3, 0.4) is 0 Å². The minimum absolute atomic E-state index is 0.149. The Labute approximate surface area is 293 Å². The van der Waals surface area contributed by atoms with E-state index in [0.717, 1.165) is 13.1 Å². The molecule has 4 aliphatic rings. The fraction of sp³-hybridized carbons (Fsp3) is 0.639. The molecule has 264 valence electrons. The van der Waals surface area contributed by atoms with Crippen molar-refractivity contribution in [1.82, 2.24) is 14.7 Å². The van der Waals surface area contributed by atoms with Crippen molar-refractivity contribution in [2.24, 2.45) is 17.8 Å². The van der Waals surface area contributed by atoms with Gasteiger partial charge in [-0.25, -0.2) is 0 Å². The highest BCUT2D eigenvalue weighted by Crippen LogP contribution is 2.61. The number of carbonyl (C=O) groups is 3. The quantitative estimate of drug-likeness (QED) is 0.204. The number of amides is 3. The van der Waals surface area contributed by atoms with Crippen molar-refractivity contribution in [2.75, 3.05) is 70.6 Å². The third kappa shape index (κ3) is 6.96. The van der Waals surface area contributed by atoms with Gasteiger partial charge in [0.25, 0.3) is 0 Å². The summed E-state index contributed by atoms with van der Waals surface area (Å²) in [6.45, 7) is 18.5. The second kappa shape index (κ2) is 15.8. The van der Waals surface area contributed by atoms with Crippen molar-refractivity contribution in [3.05, 3.63) is 49.6 Å². The third-order valence-corrected chi connectivity index (χ3v) is 10.9. The van der Waals surface area contributed by atoms with Gasteiger partial charge in [0, 0.05) is 49.8 Å². The predicted molar refractivity (Wildman–Crippen MR) is 187 cm³/mol. The van der Waals surface area contributed by atoms with E-state index in [0.29, 0.717) is 63.7 Å². The molecule has 4 saturated heterocycles. The number of aliphatic hydroxyl groups is 1. The summed E-state index contributed by atoms with van der Waals surface area (Å²) in [6, 6.07) is 5.66. The van der Waals surface area contributed by atoms with E-state index >= 15 is 0 Å². The Morgan fingerprint density at radius 1 is 1.15 bits per heavy atom. The number of rotatable bonds is 16. The van der Waals surface area contributed by atoms with Gasteiger partial charge in [0.15, 0.2) is 0 Å². The maximum atomic E-state index is 14.9. The van der Waals surface area contributed by atoms with Crippen LogP contribution >= 0.6 is 15.9 Å². The van der Waals surface area contributed by atoms with E-state index < -0.39 is 35.6 Å². The molecule has 4 heterocycles. The number of aliphatic hydroxyl groups excluding tert-OH is 1. The molecule has 0 aromatic heterocycles. The van der Waals surface area contributed by atoms with E-state index in [2.05, 4.69) is 34.0 Å². The Morgan fingerprint density at radius 2 is 1.83 bits per heavy atom. The fourth-order valence-electron chi connectivity index (χ4n) is 8.07. The van der Waals surface area contributed by atoms with Crippen LogP contribution in [0.25, 0.3) is 0 Å². The summed E-state index contributed by atoms with van der Waals surface area (Å²) in [5, 5.41) is 10.7. The molecule has 0 saturated carbocycles. The molecule has 1 aromatic carbocycles. The standard InChI is InChI=1S/C36H51BrN4O7/c1-6-13-39(16-15-38-17-19-46-20-18-38)35(45)32-36-22-28(37)31(48-36)29(30(36)34(44)41(32)26(23-42)21-24(4)5)33(43)40(14-7-2)25-9-11-27(12-10-25)47-8-3/h6-7,9-12,24,26,28-32,42H,1-2,8,13-23H2,3-5H3/t26-,28?,29+,30+,31+,32?,36?/m1/s1. The van der Waals surface area contributed by atoms with Gasteiger partial charge in [0.1, 0.15) is 17.4 Å². The summed E-state index contributed by atoms with van der Waals surface area (Å²) in [7, 11) is 0. The van der Waals surface area contributed by atoms with Gasteiger partial charge >= 0.3 is 0 Å². The first kappa shape index (κ1) is 36.5. The van der Waals surface area contributed by atoms with Gasteiger partial charge in [-0.15, -0.1) is 13.2 Å². The van der Waals surface area contributed by atoms with E-state index in [1.807, 2.05) is 45.0 Å². The second-order valence-corrected chi connectivity index (χ2v) is 14.7. The average Bonchev–Trinajstić information content (AvgIpc) is 3.68. The number of nitrogens with zero attached hydrogens (tertiary/aromatic N) is 4. The van der Waals surface area contributed by atoms with Crippen molar-refractivity contribution >= 4 is 39.3 Å². The van der Waals surface area contributed by atoms with Gasteiger partial charge < -0.3 is 34.0 Å². The van der Waals surface area contributed by atoms with E-state index in [1.54, 1.807) is 26.9 Å². The predicted octanol–water partition coefficient (Wildman–Crippen LogP) is 3.11. The molecule has 48 heavy (non-hydrogen) atoms. The van der Waals surface area contributed by atoms with Crippen molar-refractivity contribution in [2.45, 2.75) is 62.2 Å². The molecule has 1 aromatic rings. The highest BCUT2D eigenvalue weighted by atomic mass is 79.9. The van der Waals surface area contributed by atoms with E-state index in [9.17, 15) is 19.5 Å². The number of hydrogen-bond donors (Lipinski definition) is 1. The summed E-state index contributed by atoms with van der Waals surface area (Å²) in [5.41, 5.74) is -0.594. The molecule has 3 amide bonds. The molecule has 3 unspecified atom stereocenters. The molecular weight excluding hydrogens is 680 g/mol. The van der Waals surface area contributed by atoms with Gasteiger partial charge in [-0.05, 0) is 49.9 Å². The third-order valence-electron chi connectivity index (χ3n) is 10.1. The van der Waals surface area contributed by atoms with Crippen LogP contribution in [0.4, 0.5) is 5.69 Å². The Kier molecular flexibility index (Phi) is 12.1. The number of benzene rings is 1. The lowest BCUT2D eigenvalue weighted by molar-refractivity contribution is -0.151. The van der Waals surface area contributed by atoms with Gasteiger partial charge in [0.05, 0.1) is 50.4 Å². The Bertz CT molecular complexity index is 1320. The van der Waals surface area contributed by atoms with Crippen LogP contribution < -0.4 is 9.64 Å². The summed E-state index contributed by atoms with van der Waals surface area (Å²) in [5.74, 6) is -1.72. The number of ether oxygens (including phenoxy) is 3. The highest BCUT2D eigenvalue weighted by molar-refractivity contribution is 9.09. The second-order valence-electron chi connectivity index (χ2n) is 13.6. The molecule has 1 spiro atoms. The topological polar surface area (TPSA) is 112 Å². The first-order valence-electron chi connectivity index (χ1n) is 17.2. The molecule has 1 N–H and O–H groups in total. The summed E-state index contributed by atoms with van der Waals surface area (Å²) in [6.07, 6.45) is 3.63. The van der Waals surface area contributed by atoms with Crippen molar-refractivity contribution in [1.29, 1.82) is 0 Å². The van der Waals surface area contributed by atoms with Crippen molar-refractivity contribution in [3.63, 3.8) is 0 Å². The van der Waals surface area contributed by atoms with Crippen molar-refractivity contribution < 1.29 is 33.7 Å². The molecule has 0 radical (unpaired) electrons. The van der Waals surface area contributed by atoms with Gasteiger partial charge in [-0.3, -0.25) is 19.3 Å². The van der Waals surface area contributed by atoms with E-state index in [1.165, 1.54) is 0 Å². The lowest BCUT2D eigenvalue weighted by atomic mass is 9.70. The Hall–Kier alpha value is -2.77. The van der Waals surface area contributed by atoms with Crippen LogP contribution in [0.1, 0.15) is 33.6 Å². The molecule has 5 rings (SSSR count). The lowest BCUT2D eigenvalue weighted by Gasteiger charge is -2.40. The molecule has 4 fully saturated rings. The van der Waals surface area contributed by atoms with Crippen LogP contribution in [-0.2, 0) is 23.9 Å². The fourth-order valence-corrected chi connectivity index (χ4v) is 9.01. The van der Waals surface area contributed by atoms with Crippen LogP contribution in [0.15, 0.2) is 49.6 Å². The number of halogens is 1. The number of anilines is 1. The first-order valence-corrected chi connectivity index (χ1v) is 18.1. The highest BCUT2D eigenvalue weighted by Gasteiger charge is 2.77. The molecule has 7 atom stereocenters. The largest absolute Gasteiger partial charge is 0.494 e. The Balaban J connectivity index is 1.53. The van der Waals surface area contributed by atoms with Crippen LogP contribution in [-0.4, -0.2) is 132 Å². The lowest BCUT2D eigenvalue weighted by Crippen LogP contribution is -2.60. The minimum Gasteiger partial charge on any atom is -0.494 e. The van der Waals surface area contributed by atoms with Gasteiger partial charge in [-0.1, -0.05) is 41.9 Å². The number of alkyl halides is 1. The molecule has 0 aliphatic carbocycles. The number of carbonyl (C=O) groups excluding carboxylic acids is 3. The summed E-state index contributed by atoms with van der Waals surface area (Å²) >= 11 is 3.80. The Morgan fingerprint density at radius 3 is 2.44 bits per heavy atom. The maximum Gasteiger partial charge on any atom is 0.248 e. The van der Waals surface area contributed by atoms with Crippen LogP contribution in [0.2, 0.25) is 0 Å². The normalized spacial score (nSPS) is 28.8. The maximum absolute atomic E-state index is 14.9. The summed E-state index contributed by atoms with van der Waals surface area (Å²) in [4.78, 5) is 51.3. The number of fused-ring (bicyclic) bond motifs is 1. The number of likely N-dealkylation sites (tertiary alicyclic amines) is 1. The zero-order chi connectivity index (χ0) is 34.6.